The molecule has 2 rings (SSSR count). The highest BCUT2D eigenvalue weighted by Crippen LogP contribution is 2.31. The molecule has 0 bridgehead atoms. The Kier molecular flexibility index (Phi) is 7.50. The van der Waals surface area contributed by atoms with E-state index < -0.39 is 36.8 Å². The highest BCUT2D eigenvalue weighted by Gasteiger charge is 2.20. The Morgan fingerprint density at radius 3 is 2.37 bits per heavy atom. The largest absolute Gasteiger partial charge is 0.491 e. The summed E-state index contributed by atoms with van der Waals surface area (Å²) in [6, 6.07) is 5.21. The van der Waals surface area contributed by atoms with Gasteiger partial charge in [0.1, 0.15) is 17.1 Å². The van der Waals surface area contributed by atoms with Crippen LogP contribution in [0.4, 0.5) is 22.0 Å². The molecule has 0 radical (unpaired) electrons. The quantitative estimate of drug-likeness (QED) is 0.492. The van der Waals surface area contributed by atoms with Gasteiger partial charge in [-0.05, 0) is 36.6 Å². The number of hydrogen-bond donors (Lipinski definition) is 0. The summed E-state index contributed by atoms with van der Waals surface area (Å²) in [7, 11) is 0. The molecule has 2 aromatic heterocycles. The van der Waals surface area contributed by atoms with E-state index >= 15 is 0 Å². The third-order valence-electron chi connectivity index (χ3n) is 3.89. The summed E-state index contributed by atoms with van der Waals surface area (Å²) in [6.07, 6.45) is -3.96. The Hall–Kier alpha value is -2.25. The van der Waals surface area contributed by atoms with E-state index in [-0.39, 0.29) is 29.5 Å². The fourth-order valence-electron chi connectivity index (χ4n) is 2.68. The topological polar surface area (TPSA) is 35.0 Å². The maximum Gasteiger partial charge on any atom is 0.284 e. The maximum absolute atomic E-state index is 13.4. The molecule has 0 aliphatic heterocycles. The Morgan fingerprint density at radius 2 is 1.78 bits per heavy atom. The third-order valence-corrected chi connectivity index (χ3v) is 3.89. The van der Waals surface area contributed by atoms with E-state index in [1.807, 2.05) is 13.8 Å². The van der Waals surface area contributed by atoms with E-state index in [0.717, 1.165) is 6.07 Å². The van der Waals surface area contributed by atoms with E-state index in [0.29, 0.717) is 6.42 Å². The van der Waals surface area contributed by atoms with Gasteiger partial charge < -0.3 is 4.74 Å². The Morgan fingerprint density at radius 1 is 1.04 bits per heavy atom. The van der Waals surface area contributed by atoms with E-state index in [1.54, 1.807) is 0 Å². The van der Waals surface area contributed by atoms with Gasteiger partial charge in [-0.2, -0.15) is 0 Å². The average molecular weight is 388 g/mol. The molecule has 0 saturated carbocycles. The van der Waals surface area contributed by atoms with Crippen LogP contribution in [0.25, 0.3) is 11.3 Å². The summed E-state index contributed by atoms with van der Waals surface area (Å²) in [4.78, 5) is 7.40. The van der Waals surface area contributed by atoms with Crippen molar-refractivity contribution in [3.8, 4) is 17.0 Å². The molecule has 0 N–H and O–H groups in total. The number of alkyl halides is 5. The summed E-state index contributed by atoms with van der Waals surface area (Å²) >= 11 is 0. The molecule has 1 unspecified atom stereocenters. The van der Waals surface area contributed by atoms with Crippen LogP contribution < -0.4 is 4.74 Å². The molecule has 0 fully saturated rings. The standard InChI is InChI=1S/C19H21F5N2O/c1-11(2)7-12(9-20)10-27-16-4-3-14(26-17(16)19(23)24)13-5-6-25-15(8-13)18(21)22/h3-6,8,11-12,18-19H,7,9-10H2,1-2H3. The van der Waals surface area contributed by atoms with Crippen molar-refractivity contribution < 1.29 is 26.7 Å². The molecule has 0 aromatic carbocycles. The van der Waals surface area contributed by atoms with Crippen LogP contribution in [-0.4, -0.2) is 23.2 Å². The predicted molar refractivity (Wildman–Crippen MR) is 91.8 cm³/mol. The normalized spacial score (nSPS) is 12.8. The van der Waals surface area contributed by atoms with Crippen LogP contribution in [0.1, 0.15) is 44.5 Å². The lowest BCUT2D eigenvalue weighted by Crippen LogP contribution is -2.17. The minimum Gasteiger partial charge on any atom is -0.491 e. The van der Waals surface area contributed by atoms with Crippen LogP contribution >= 0.6 is 0 Å². The van der Waals surface area contributed by atoms with Crippen LogP contribution in [-0.2, 0) is 0 Å². The third kappa shape index (κ3) is 5.87. The number of aromatic nitrogens is 2. The zero-order valence-corrected chi connectivity index (χ0v) is 15.0. The second-order valence-electron chi connectivity index (χ2n) is 6.61. The predicted octanol–water partition coefficient (Wildman–Crippen LogP) is 6.03. The first-order chi connectivity index (χ1) is 12.8. The smallest absolute Gasteiger partial charge is 0.284 e. The molecule has 0 aliphatic carbocycles. The summed E-state index contributed by atoms with van der Waals surface area (Å²) in [5.41, 5.74) is -0.723. The Balaban J connectivity index is 2.25. The first-order valence-electron chi connectivity index (χ1n) is 8.54. The number of hydrogen-bond acceptors (Lipinski definition) is 3. The lowest BCUT2D eigenvalue weighted by molar-refractivity contribution is 0.134. The van der Waals surface area contributed by atoms with Crippen molar-refractivity contribution >= 4 is 0 Å². The lowest BCUT2D eigenvalue weighted by Gasteiger charge is -2.18. The van der Waals surface area contributed by atoms with Crippen molar-refractivity contribution in [3.63, 3.8) is 0 Å². The molecule has 8 heteroatoms. The van der Waals surface area contributed by atoms with E-state index in [2.05, 4.69) is 9.97 Å². The zero-order chi connectivity index (χ0) is 20.0. The van der Waals surface area contributed by atoms with Gasteiger partial charge in [-0.3, -0.25) is 9.37 Å². The molecular formula is C19H21F5N2O. The van der Waals surface area contributed by atoms with Crippen molar-refractivity contribution in [2.75, 3.05) is 13.3 Å². The lowest BCUT2D eigenvalue weighted by atomic mass is 9.99. The minimum absolute atomic E-state index is 0.0415. The molecule has 3 nitrogen and oxygen atoms in total. The molecule has 0 saturated heterocycles. The monoisotopic (exact) mass is 388 g/mol. The highest BCUT2D eigenvalue weighted by atomic mass is 19.3. The molecule has 2 heterocycles. The molecule has 0 aliphatic rings. The van der Waals surface area contributed by atoms with Crippen LogP contribution in [0.5, 0.6) is 5.75 Å². The number of rotatable bonds is 9. The van der Waals surface area contributed by atoms with Gasteiger partial charge in [-0.25, -0.2) is 22.5 Å². The highest BCUT2D eigenvalue weighted by molar-refractivity contribution is 5.60. The zero-order valence-electron chi connectivity index (χ0n) is 15.0. The van der Waals surface area contributed by atoms with Crippen LogP contribution in [0.15, 0.2) is 30.5 Å². The first kappa shape index (κ1) is 21.1. The van der Waals surface area contributed by atoms with Gasteiger partial charge in [0.2, 0.25) is 0 Å². The van der Waals surface area contributed by atoms with E-state index in [4.69, 9.17) is 4.74 Å². The average Bonchev–Trinajstić information content (AvgIpc) is 2.64. The van der Waals surface area contributed by atoms with E-state index in [1.165, 1.54) is 24.4 Å². The van der Waals surface area contributed by atoms with Crippen LogP contribution in [0.2, 0.25) is 0 Å². The van der Waals surface area contributed by atoms with Gasteiger partial charge >= 0.3 is 0 Å². The molecule has 0 spiro atoms. The SMILES string of the molecule is CC(C)CC(CF)COc1ccc(-c2ccnc(C(F)F)c2)nc1C(F)F. The van der Waals surface area contributed by atoms with Gasteiger partial charge in [0.05, 0.1) is 19.0 Å². The molecule has 0 amide bonds. The van der Waals surface area contributed by atoms with Gasteiger partial charge in [-0.15, -0.1) is 0 Å². The molecule has 2 aromatic rings. The van der Waals surface area contributed by atoms with Crippen LogP contribution in [0, 0.1) is 11.8 Å². The Bertz CT molecular complexity index is 740. The summed E-state index contributed by atoms with van der Waals surface area (Å²) in [5, 5.41) is 0. The fourth-order valence-corrected chi connectivity index (χ4v) is 2.68. The van der Waals surface area contributed by atoms with Crippen molar-refractivity contribution in [2.24, 2.45) is 11.8 Å². The number of halogens is 5. The Labute approximate surface area is 154 Å². The fraction of sp³-hybridized carbons (Fsp3) is 0.474. The van der Waals surface area contributed by atoms with Gasteiger partial charge in [0.25, 0.3) is 12.9 Å². The van der Waals surface area contributed by atoms with Crippen molar-refractivity contribution in [3.05, 3.63) is 41.9 Å². The summed E-state index contributed by atoms with van der Waals surface area (Å²) < 4.78 is 70.8. The van der Waals surface area contributed by atoms with Crippen molar-refractivity contribution in [1.82, 2.24) is 9.97 Å². The maximum atomic E-state index is 13.4. The molecule has 27 heavy (non-hydrogen) atoms. The molecule has 1 atom stereocenters. The van der Waals surface area contributed by atoms with Gasteiger partial charge in [-0.1, -0.05) is 13.8 Å². The first-order valence-corrected chi connectivity index (χ1v) is 8.54. The number of pyridine rings is 2. The number of nitrogens with zero attached hydrogens (tertiary/aromatic N) is 2. The second-order valence-corrected chi connectivity index (χ2v) is 6.61. The van der Waals surface area contributed by atoms with E-state index in [9.17, 15) is 22.0 Å². The number of ether oxygens (including phenoxy) is 1. The van der Waals surface area contributed by atoms with Crippen LogP contribution in [0.3, 0.4) is 0 Å². The van der Waals surface area contributed by atoms with Gasteiger partial charge in [0, 0.05) is 17.7 Å². The van der Waals surface area contributed by atoms with Gasteiger partial charge in [0.15, 0.2) is 0 Å². The van der Waals surface area contributed by atoms with Crippen molar-refractivity contribution in [1.29, 1.82) is 0 Å². The molecule has 148 valence electrons. The summed E-state index contributed by atoms with van der Waals surface area (Å²) in [5.74, 6) is -0.289. The minimum atomic E-state index is -2.93. The second kappa shape index (κ2) is 9.62. The molecular weight excluding hydrogens is 367 g/mol. The van der Waals surface area contributed by atoms with Crippen molar-refractivity contribution in [2.45, 2.75) is 33.1 Å². The summed E-state index contributed by atoms with van der Waals surface area (Å²) in [6.45, 7) is 3.22.